The topological polar surface area (TPSA) is 81.7 Å². The largest absolute Gasteiger partial charge is 0.468 e. The first kappa shape index (κ1) is 16.8. The van der Waals surface area contributed by atoms with Crippen LogP contribution in [-0.4, -0.2) is 40.0 Å². The molecule has 0 aliphatic carbocycles. The fraction of sp³-hybridized carbons (Fsp3) is 0.462. The second-order valence-corrected chi connectivity index (χ2v) is 6.76. The summed E-state index contributed by atoms with van der Waals surface area (Å²) < 4.78 is 63.1. The smallest absolute Gasteiger partial charge is 0.328 e. The van der Waals surface area contributed by atoms with E-state index in [4.69, 9.17) is 4.74 Å². The Balaban J connectivity index is 2.34. The highest BCUT2D eigenvalue weighted by atomic mass is 32.2. The van der Waals surface area contributed by atoms with Crippen molar-refractivity contribution in [1.29, 1.82) is 0 Å². The number of rotatable bonds is 5. The normalized spacial score (nSPS) is 19.9. The molecule has 0 spiro atoms. The Morgan fingerprint density at radius 1 is 1.45 bits per heavy atom. The average Bonchev–Trinajstić information content (AvgIpc) is 3.02. The van der Waals surface area contributed by atoms with Crippen LogP contribution in [0.4, 0.5) is 8.78 Å². The van der Waals surface area contributed by atoms with Crippen LogP contribution in [-0.2, 0) is 24.3 Å². The van der Waals surface area contributed by atoms with Crippen LogP contribution in [0.25, 0.3) is 0 Å². The van der Waals surface area contributed by atoms with Crippen LogP contribution >= 0.6 is 0 Å². The Morgan fingerprint density at radius 3 is 2.77 bits per heavy atom. The third kappa shape index (κ3) is 3.60. The number of esters is 1. The van der Waals surface area contributed by atoms with Crippen molar-refractivity contribution in [1.82, 2.24) is 4.72 Å². The van der Waals surface area contributed by atoms with Crippen LogP contribution in [0.1, 0.15) is 18.0 Å². The van der Waals surface area contributed by atoms with E-state index in [0.717, 1.165) is 25.3 Å². The summed E-state index contributed by atoms with van der Waals surface area (Å²) in [5.41, 5.74) is -0.436. The Morgan fingerprint density at radius 2 is 2.18 bits per heavy atom. The molecule has 1 aromatic rings. The number of benzene rings is 1. The SMILES string of the molecule is COC(=O)C(NS(=O)(=O)C1CCOC1)c1cc(F)ccc1F. The fourth-order valence-corrected chi connectivity index (χ4v) is 3.54. The number of hydrogen-bond donors (Lipinski definition) is 1. The van der Waals surface area contributed by atoms with E-state index >= 15 is 0 Å². The predicted molar refractivity (Wildman–Crippen MR) is 72.4 cm³/mol. The van der Waals surface area contributed by atoms with E-state index in [9.17, 15) is 22.0 Å². The van der Waals surface area contributed by atoms with Crippen LogP contribution < -0.4 is 4.72 Å². The molecule has 22 heavy (non-hydrogen) atoms. The molecule has 2 atom stereocenters. The lowest BCUT2D eigenvalue weighted by Gasteiger charge is -2.19. The Bertz CT molecular complexity index is 658. The molecule has 0 amide bonds. The van der Waals surface area contributed by atoms with Crippen molar-refractivity contribution in [3.05, 3.63) is 35.4 Å². The minimum absolute atomic E-state index is 0.0190. The summed E-state index contributed by atoms with van der Waals surface area (Å²) in [6.45, 7) is 0.262. The van der Waals surface area contributed by atoms with Gasteiger partial charge in [-0.1, -0.05) is 0 Å². The van der Waals surface area contributed by atoms with Gasteiger partial charge < -0.3 is 9.47 Å². The van der Waals surface area contributed by atoms with E-state index in [1.807, 2.05) is 0 Å². The molecule has 1 fully saturated rings. The summed E-state index contributed by atoms with van der Waals surface area (Å²) in [4.78, 5) is 11.8. The highest BCUT2D eigenvalue weighted by Gasteiger charge is 2.35. The molecule has 2 rings (SSSR count). The molecule has 122 valence electrons. The highest BCUT2D eigenvalue weighted by molar-refractivity contribution is 7.90. The number of carbonyl (C=O) groups excluding carboxylic acids is 1. The first-order valence-electron chi connectivity index (χ1n) is 6.47. The maximum Gasteiger partial charge on any atom is 0.328 e. The van der Waals surface area contributed by atoms with Crippen molar-refractivity contribution in [2.45, 2.75) is 17.7 Å². The predicted octanol–water partition coefficient (Wildman–Crippen LogP) is 0.887. The molecular formula is C13H15F2NO5S. The van der Waals surface area contributed by atoms with Gasteiger partial charge in [0.1, 0.15) is 22.9 Å². The lowest BCUT2D eigenvalue weighted by atomic mass is 10.1. The van der Waals surface area contributed by atoms with E-state index in [0.29, 0.717) is 0 Å². The van der Waals surface area contributed by atoms with Gasteiger partial charge >= 0.3 is 5.97 Å². The number of halogens is 2. The molecule has 1 heterocycles. The number of ether oxygens (including phenoxy) is 2. The van der Waals surface area contributed by atoms with Gasteiger partial charge in [-0.15, -0.1) is 0 Å². The first-order chi connectivity index (χ1) is 10.3. The minimum atomic E-state index is -3.96. The Hall–Kier alpha value is -1.58. The minimum Gasteiger partial charge on any atom is -0.468 e. The first-order valence-corrected chi connectivity index (χ1v) is 8.01. The molecule has 9 heteroatoms. The molecule has 1 aliphatic rings. The van der Waals surface area contributed by atoms with Gasteiger partial charge in [-0.3, -0.25) is 0 Å². The number of hydrogen-bond acceptors (Lipinski definition) is 5. The quantitative estimate of drug-likeness (QED) is 0.808. The summed E-state index contributed by atoms with van der Waals surface area (Å²) >= 11 is 0. The number of sulfonamides is 1. The molecule has 1 N–H and O–H groups in total. The van der Waals surface area contributed by atoms with Gasteiger partial charge in [0.05, 0.1) is 13.7 Å². The van der Waals surface area contributed by atoms with Gasteiger partial charge in [-0.2, -0.15) is 4.72 Å². The zero-order valence-corrected chi connectivity index (χ0v) is 12.5. The van der Waals surface area contributed by atoms with Crippen LogP contribution in [0.3, 0.4) is 0 Å². The van der Waals surface area contributed by atoms with Crippen molar-refractivity contribution < 1.29 is 31.5 Å². The second-order valence-electron chi connectivity index (χ2n) is 4.77. The van der Waals surface area contributed by atoms with Crippen LogP contribution in [0, 0.1) is 11.6 Å². The lowest BCUT2D eigenvalue weighted by Crippen LogP contribution is -2.41. The summed E-state index contributed by atoms with van der Waals surface area (Å²) in [6, 6.07) is 0.774. The van der Waals surface area contributed by atoms with Gasteiger partial charge in [0, 0.05) is 12.2 Å². The van der Waals surface area contributed by atoms with Gasteiger partial charge in [0.15, 0.2) is 0 Å². The summed E-state index contributed by atoms with van der Waals surface area (Å²) in [5.74, 6) is -2.75. The molecule has 6 nitrogen and oxygen atoms in total. The molecule has 1 saturated heterocycles. The van der Waals surface area contributed by atoms with Crippen LogP contribution in [0.5, 0.6) is 0 Å². The number of methoxy groups -OCH3 is 1. The molecule has 0 radical (unpaired) electrons. The van der Waals surface area contributed by atoms with Crippen LogP contribution in [0.2, 0.25) is 0 Å². The monoisotopic (exact) mass is 335 g/mol. The molecule has 0 saturated carbocycles. The van der Waals surface area contributed by atoms with E-state index in [1.165, 1.54) is 0 Å². The Labute approximate surface area is 126 Å². The summed E-state index contributed by atoms with van der Waals surface area (Å²) in [6.07, 6.45) is 0.259. The molecule has 1 aliphatic heterocycles. The molecule has 0 bridgehead atoms. The second kappa shape index (κ2) is 6.67. The third-order valence-electron chi connectivity index (χ3n) is 3.31. The van der Waals surface area contributed by atoms with Crippen molar-refractivity contribution in [3.63, 3.8) is 0 Å². The fourth-order valence-electron chi connectivity index (χ4n) is 2.11. The zero-order chi connectivity index (χ0) is 16.3. The third-order valence-corrected chi connectivity index (χ3v) is 5.13. The van der Waals surface area contributed by atoms with E-state index in [1.54, 1.807) is 0 Å². The highest BCUT2D eigenvalue weighted by Crippen LogP contribution is 2.23. The van der Waals surface area contributed by atoms with Gasteiger partial charge in [0.25, 0.3) is 0 Å². The summed E-state index contributed by atoms with van der Waals surface area (Å²) in [7, 11) is -2.93. The molecular weight excluding hydrogens is 320 g/mol. The van der Waals surface area contributed by atoms with Crippen molar-refractivity contribution in [2.24, 2.45) is 0 Å². The van der Waals surface area contributed by atoms with Crippen molar-refractivity contribution >= 4 is 16.0 Å². The maximum atomic E-state index is 13.8. The van der Waals surface area contributed by atoms with E-state index in [2.05, 4.69) is 9.46 Å². The molecule has 1 aromatic carbocycles. The van der Waals surface area contributed by atoms with Gasteiger partial charge in [-0.05, 0) is 24.6 Å². The average molecular weight is 335 g/mol. The van der Waals surface area contributed by atoms with E-state index in [-0.39, 0.29) is 19.6 Å². The van der Waals surface area contributed by atoms with Gasteiger partial charge in [-0.25, -0.2) is 22.0 Å². The van der Waals surface area contributed by atoms with E-state index < -0.39 is 44.5 Å². The number of nitrogens with one attached hydrogen (secondary N) is 1. The molecule has 2 unspecified atom stereocenters. The van der Waals surface area contributed by atoms with Gasteiger partial charge in [0.2, 0.25) is 10.0 Å². The standard InChI is InChI=1S/C13H15F2NO5S/c1-20-13(17)12(10-6-8(14)2-3-11(10)15)16-22(18,19)9-4-5-21-7-9/h2-3,6,9,12,16H,4-5,7H2,1H3. The lowest BCUT2D eigenvalue weighted by molar-refractivity contribution is -0.142. The molecule has 0 aromatic heterocycles. The van der Waals surface area contributed by atoms with Crippen molar-refractivity contribution in [2.75, 3.05) is 20.3 Å². The van der Waals surface area contributed by atoms with Crippen molar-refractivity contribution in [3.8, 4) is 0 Å². The zero-order valence-electron chi connectivity index (χ0n) is 11.7. The Kier molecular flexibility index (Phi) is 5.09. The maximum absolute atomic E-state index is 13.8. The number of carbonyl (C=O) groups is 1. The summed E-state index contributed by atoms with van der Waals surface area (Å²) in [5, 5.41) is -0.851. The van der Waals surface area contributed by atoms with Crippen LogP contribution in [0.15, 0.2) is 18.2 Å².